The molecule has 0 bridgehead atoms. The van der Waals surface area contributed by atoms with Gasteiger partial charge in [-0.15, -0.1) is 0 Å². The molecule has 0 saturated heterocycles. The summed E-state index contributed by atoms with van der Waals surface area (Å²) in [6.45, 7) is 1.26. The third kappa shape index (κ3) is 5.85. The van der Waals surface area contributed by atoms with Gasteiger partial charge in [0, 0.05) is 20.3 Å². The minimum absolute atomic E-state index is 0.0292. The summed E-state index contributed by atoms with van der Waals surface area (Å²) in [5, 5.41) is 2.83. The molecular formula is C19H23NO3. The topological polar surface area (TPSA) is 47.6 Å². The van der Waals surface area contributed by atoms with E-state index in [2.05, 4.69) is 5.32 Å². The van der Waals surface area contributed by atoms with E-state index in [9.17, 15) is 4.79 Å². The highest BCUT2D eigenvalue weighted by molar-refractivity contribution is 5.77. The zero-order valence-electron chi connectivity index (χ0n) is 13.4. The van der Waals surface area contributed by atoms with Crippen LogP contribution in [-0.2, 0) is 14.3 Å². The number of rotatable bonds is 9. The fourth-order valence-corrected chi connectivity index (χ4v) is 2.29. The lowest BCUT2D eigenvalue weighted by molar-refractivity contribution is -0.127. The van der Waals surface area contributed by atoms with Gasteiger partial charge in [-0.2, -0.15) is 0 Å². The van der Waals surface area contributed by atoms with Crippen molar-refractivity contribution in [1.29, 1.82) is 0 Å². The smallest absolute Gasteiger partial charge is 0.246 e. The van der Waals surface area contributed by atoms with Crippen LogP contribution in [0.25, 0.3) is 0 Å². The fourth-order valence-electron chi connectivity index (χ4n) is 2.29. The zero-order valence-corrected chi connectivity index (χ0v) is 13.4. The van der Waals surface area contributed by atoms with Crippen LogP contribution >= 0.6 is 0 Å². The summed E-state index contributed by atoms with van der Waals surface area (Å²) in [5.41, 5.74) is 2.07. The van der Waals surface area contributed by atoms with Gasteiger partial charge in [-0.05, 0) is 17.5 Å². The van der Waals surface area contributed by atoms with Gasteiger partial charge in [0.2, 0.25) is 5.91 Å². The summed E-state index contributed by atoms with van der Waals surface area (Å²) in [5.74, 6) is -0.113. The van der Waals surface area contributed by atoms with Crippen molar-refractivity contribution in [2.45, 2.75) is 12.5 Å². The van der Waals surface area contributed by atoms with Gasteiger partial charge in [0.1, 0.15) is 12.7 Å². The maximum absolute atomic E-state index is 11.9. The molecule has 0 radical (unpaired) electrons. The number of benzene rings is 2. The Morgan fingerprint density at radius 1 is 1.00 bits per heavy atom. The van der Waals surface area contributed by atoms with Crippen LogP contribution in [0, 0.1) is 0 Å². The van der Waals surface area contributed by atoms with E-state index in [0.29, 0.717) is 13.2 Å². The maximum atomic E-state index is 11.9. The van der Waals surface area contributed by atoms with Crippen LogP contribution < -0.4 is 5.32 Å². The number of hydrogen-bond acceptors (Lipinski definition) is 3. The van der Waals surface area contributed by atoms with Crippen molar-refractivity contribution in [3.05, 3.63) is 71.8 Å². The number of ether oxygens (including phenoxy) is 2. The molecule has 2 aromatic carbocycles. The SMILES string of the molecule is COCCCNC(=O)COC(c1ccccc1)c1ccccc1. The van der Waals surface area contributed by atoms with E-state index < -0.39 is 0 Å². The monoisotopic (exact) mass is 313 g/mol. The third-order valence-corrected chi connectivity index (χ3v) is 3.43. The highest BCUT2D eigenvalue weighted by Gasteiger charge is 2.15. The number of carbonyl (C=O) groups excluding carboxylic acids is 1. The molecule has 2 rings (SSSR count). The quantitative estimate of drug-likeness (QED) is 0.724. The molecule has 0 aliphatic heterocycles. The number of carbonyl (C=O) groups is 1. The number of methoxy groups -OCH3 is 1. The zero-order chi connectivity index (χ0) is 16.3. The highest BCUT2D eigenvalue weighted by atomic mass is 16.5. The lowest BCUT2D eigenvalue weighted by Gasteiger charge is -2.18. The van der Waals surface area contributed by atoms with E-state index in [1.807, 2.05) is 60.7 Å². The molecule has 23 heavy (non-hydrogen) atoms. The molecule has 1 N–H and O–H groups in total. The van der Waals surface area contributed by atoms with E-state index in [0.717, 1.165) is 17.5 Å². The Hall–Kier alpha value is -2.17. The average Bonchev–Trinajstić information content (AvgIpc) is 2.61. The predicted octanol–water partition coefficient (Wildman–Crippen LogP) is 2.95. The van der Waals surface area contributed by atoms with Crippen LogP contribution in [-0.4, -0.2) is 32.8 Å². The molecule has 0 heterocycles. The van der Waals surface area contributed by atoms with E-state index in [-0.39, 0.29) is 18.6 Å². The summed E-state index contributed by atoms with van der Waals surface area (Å²) in [6.07, 6.45) is 0.547. The summed E-state index contributed by atoms with van der Waals surface area (Å²) >= 11 is 0. The first kappa shape index (κ1) is 17.2. The van der Waals surface area contributed by atoms with E-state index in [1.54, 1.807) is 7.11 Å². The molecule has 122 valence electrons. The predicted molar refractivity (Wildman–Crippen MR) is 90.2 cm³/mol. The van der Waals surface area contributed by atoms with E-state index >= 15 is 0 Å². The molecule has 0 aliphatic carbocycles. The van der Waals surface area contributed by atoms with Crippen molar-refractivity contribution >= 4 is 5.91 Å². The number of amides is 1. The van der Waals surface area contributed by atoms with Crippen molar-refractivity contribution in [2.24, 2.45) is 0 Å². The van der Waals surface area contributed by atoms with Gasteiger partial charge in [0.25, 0.3) is 0 Å². The van der Waals surface area contributed by atoms with Crippen LogP contribution in [0.4, 0.5) is 0 Å². The van der Waals surface area contributed by atoms with Gasteiger partial charge in [-0.1, -0.05) is 60.7 Å². The Labute approximate surface area is 137 Å². The lowest BCUT2D eigenvalue weighted by Crippen LogP contribution is -2.29. The first-order valence-electron chi connectivity index (χ1n) is 7.78. The van der Waals surface area contributed by atoms with Crippen molar-refractivity contribution in [3.63, 3.8) is 0 Å². The standard InChI is InChI=1S/C19H23NO3/c1-22-14-8-13-20-18(21)15-23-19(16-9-4-2-5-10-16)17-11-6-3-7-12-17/h2-7,9-12,19H,8,13-15H2,1H3,(H,20,21). The lowest BCUT2D eigenvalue weighted by atomic mass is 10.0. The molecule has 2 aromatic rings. The van der Waals surface area contributed by atoms with Crippen molar-refractivity contribution in [1.82, 2.24) is 5.32 Å². The Morgan fingerprint density at radius 3 is 2.09 bits per heavy atom. The molecule has 1 amide bonds. The second kappa shape index (κ2) is 9.77. The summed E-state index contributed by atoms with van der Waals surface area (Å²) in [6, 6.07) is 19.9. The molecule has 0 saturated carbocycles. The Kier molecular flexibility index (Phi) is 7.30. The Balaban J connectivity index is 1.95. The summed E-state index contributed by atoms with van der Waals surface area (Å²) in [7, 11) is 1.65. The van der Waals surface area contributed by atoms with Gasteiger partial charge in [-0.25, -0.2) is 0 Å². The van der Waals surface area contributed by atoms with Crippen LogP contribution in [0.2, 0.25) is 0 Å². The largest absolute Gasteiger partial charge is 0.385 e. The van der Waals surface area contributed by atoms with E-state index in [1.165, 1.54) is 0 Å². The molecule has 0 aliphatic rings. The molecular weight excluding hydrogens is 290 g/mol. The minimum Gasteiger partial charge on any atom is -0.385 e. The number of hydrogen-bond donors (Lipinski definition) is 1. The molecule has 0 fully saturated rings. The minimum atomic E-state index is -0.248. The fraction of sp³-hybridized carbons (Fsp3) is 0.316. The molecule has 0 aromatic heterocycles. The van der Waals surface area contributed by atoms with Gasteiger partial charge >= 0.3 is 0 Å². The maximum Gasteiger partial charge on any atom is 0.246 e. The molecule has 0 atom stereocenters. The molecule has 4 heteroatoms. The highest BCUT2D eigenvalue weighted by Crippen LogP contribution is 2.25. The summed E-state index contributed by atoms with van der Waals surface area (Å²) < 4.78 is 10.8. The van der Waals surface area contributed by atoms with Gasteiger partial charge in [0.05, 0.1) is 0 Å². The van der Waals surface area contributed by atoms with Gasteiger partial charge in [-0.3, -0.25) is 4.79 Å². The Morgan fingerprint density at radius 2 is 1.57 bits per heavy atom. The molecule has 4 nitrogen and oxygen atoms in total. The van der Waals surface area contributed by atoms with E-state index in [4.69, 9.17) is 9.47 Å². The molecule has 0 spiro atoms. The van der Waals surface area contributed by atoms with Crippen LogP contribution in [0.3, 0.4) is 0 Å². The van der Waals surface area contributed by atoms with Crippen LogP contribution in [0.15, 0.2) is 60.7 Å². The average molecular weight is 313 g/mol. The first-order valence-corrected chi connectivity index (χ1v) is 7.78. The summed E-state index contributed by atoms with van der Waals surface area (Å²) in [4.78, 5) is 11.9. The third-order valence-electron chi connectivity index (χ3n) is 3.43. The van der Waals surface area contributed by atoms with Gasteiger partial charge in [0.15, 0.2) is 0 Å². The molecule has 0 unspecified atom stereocenters. The first-order chi connectivity index (χ1) is 11.3. The van der Waals surface area contributed by atoms with Crippen molar-refractivity contribution < 1.29 is 14.3 Å². The second-order valence-electron chi connectivity index (χ2n) is 5.21. The number of nitrogens with one attached hydrogen (secondary N) is 1. The van der Waals surface area contributed by atoms with Crippen LogP contribution in [0.5, 0.6) is 0 Å². The van der Waals surface area contributed by atoms with Gasteiger partial charge < -0.3 is 14.8 Å². The van der Waals surface area contributed by atoms with Crippen molar-refractivity contribution in [2.75, 3.05) is 26.9 Å². The normalized spacial score (nSPS) is 10.7. The Bertz CT molecular complexity index is 532. The van der Waals surface area contributed by atoms with Crippen LogP contribution in [0.1, 0.15) is 23.7 Å². The van der Waals surface area contributed by atoms with Crippen molar-refractivity contribution in [3.8, 4) is 0 Å². The second-order valence-corrected chi connectivity index (χ2v) is 5.21.